The first-order valence-corrected chi connectivity index (χ1v) is 6.75. The van der Waals surface area contributed by atoms with Crippen LogP contribution in [0.3, 0.4) is 0 Å². The average molecular weight is 231 g/mol. The number of fused-ring (bicyclic) bond motifs is 1. The fourth-order valence-electron chi connectivity index (χ4n) is 3.46. The number of nitrogens with two attached hydrogens (primary N) is 1. The molecule has 1 aliphatic carbocycles. The van der Waals surface area contributed by atoms with E-state index in [1.54, 1.807) is 0 Å². The van der Waals surface area contributed by atoms with E-state index >= 15 is 0 Å². The average Bonchev–Trinajstić information content (AvgIpc) is 2.33. The van der Waals surface area contributed by atoms with Crippen molar-refractivity contribution in [1.82, 2.24) is 0 Å². The SMILES string of the molecule is CC1CCCCC12CC(N)c1ccccc1O2. The molecule has 92 valence electrons. The number of hydrogen-bond donors (Lipinski definition) is 1. The van der Waals surface area contributed by atoms with Gasteiger partial charge in [0.05, 0.1) is 0 Å². The summed E-state index contributed by atoms with van der Waals surface area (Å²) in [6.07, 6.45) is 6.03. The zero-order chi connectivity index (χ0) is 11.9. The molecule has 1 fully saturated rings. The maximum Gasteiger partial charge on any atom is 0.124 e. The minimum Gasteiger partial charge on any atom is -0.487 e. The van der Waals surface area contributed by atoms with E-state index in [1.807, 2.05) is 12.1 Å². The minimum absolute atomic E-state index is 0.00597. The molecule has 0 aromatic heterocycles. The van der Waals surface area contributed by atoms with Gasteiger partial charge >= 0.3 is 0 Å². The zero-order valence-electron chi connectivity index (χ0n) is 10.5. The van der Waals surface area contributed by atoms with Crippen LogP contribution < -0.4 is 10.5 Å². The first-order valence-electron chi connectivity index (χ1n) is 6.75. The predicted octanol–water partition coefficient (Wildman–Crippen LogP) is 3.42. The maximum atomic E-state index is 6.36. The van der Waals surface area contributed by atoms with Gasteiger partial charge in [0.2, 0.25) is 0 Å². The molecule has 2 heteroatoms. The molecular formula is C15H21NO. The monoisotopic (exact) mass is 231 g/mol. The first kappa shape index (κ1) is 11.1. The summed E-state index contributed by atoms with van der Waals surface area (Å²) in [7, 11) is 0. The number of benzene rings is 1. The third-order valence-corrected chi connectivity index (χ3v) is 4.58. The van der Waals surface area contributed by atoms with E-state index < -0.39 is 0 Å². The molecule has 3 atom stereocenters. The van der Waals surface area contributed by atoms with Crippen LogP contribution in [0.15, 0.2) is 24.3 Å². The highest BCUT2D eigenvalue weighted by molar-refractivity contribution is 5.38. The molecule has 1 aliphatic heterocycles. The van der Waals surface area contributed by atoms with Crippen molar-refractivity contribution in [2.45, 2.75) is 50.7 Å². The zero-order valence-corrected chi connectivity index (χ0v) is 10.5. The van der Waals surface area contributed by atoms with Gasteiger partial charge in [0.15, 0.2) is 0 Å². The molecule has 0 radical (unpaired) electrons. The van der Waals surface area contributed by atoms with Gasteiger partial charge in [-0.25, -0.2) is 0 Å². The second-order valence-electron chi connectivity index (χ2n) is 5.66. The molecule has 3 rings (SSSR count). The Morgan fingerprint density at radius 3 is 2.94 bits per heavy atom. The Hall–Kier alpha value is -1.02. The molecule has 1 aromatic rings. The van der Waals surface area contributed by atoms with Gasteiger partial charge in [-0.2, -0.15) is 0 Å². The van der Waals surface area contributed by atoms with E-state index in [-0.39, 0.29) is 11.6 Å². The van der Waals surface area contributed by atoms with Gasteiger partial charge in [-0.1, -0.05) is 31.5 Å². The highest BCUT2D eigenvalue weighted by Gasteiger charge is 2.45. The van der Waals surface area contributed by atoms with Crippen molar-refractivity contribution in [2.24, 2.45) is 11.7 Å². The highest BCUT2D eigenvalue weighted by atomic mass is 16.5. The van der Waals surface area contributed by atoms with Crippen LogP contribution in [0.25, 0.3) is 0 Å². The van der Waals surface area contributed by atoms with Crippen LogP contribution in [0.2, 0.25) is 0 Å². The van der Waals surface area contributed by atoms with E-state index in [4.69, 9.17) is 10.5 Å². The summed E-state index contributed by atoms with van der Waals surface area (Å²) in [5, 5.41) is 0. The van der Waals surface area contributed by atoms with E-state index in [0.29, 0.717) is 5.92 Å². The maximum absolute atomic E-state index is 6.36. The van der Waals surface area contributed by atoms with Gasteiger partial charge in [-0.05, 0) is 31.2 Å². The molecule has 1 aromatic carbocycles. The molecule has 1 heterocycles. The molecule has 1 spiro atoms. The van der Waals surface area contributed by atoms with Crippen LogP contribution in [-0.2, 0) is 0 Å². The Morgan fingerprint density at radius 2 is 2.12 bits per heavy atom. The van der Waals surface area contributed by atoms with Gasteiger partial charge in [0.25, 0.3) is 0 Å². The number of para-hydroxylation sites is 1. The van der Waals surface area contributed by atoms with Gasteiger partial charge in [0, 0.05) is 18.0 Å². The second kappa shape index (κ2) is 4.02. The summed E-state index contributed by atoms with van der Waals surface area (Å²) in [4.78, 5) is 0. The van der Waals surface area contributed by atoms with Crippen molar-refractivity contribution in [1.29, 1.82) is 0 Å². The van der Waals surface area contributed by atoms with Crippen LogP contribution >= 0.6 is 0 Å². The fourth-order valence-corrected chi connectivity index (χ4v) is 3.46. The molecule has 2 aliphatic rings. The van der Waals surface area contributed by atoms with Gasteiger partial charge < -0.3 is 10.5 Å². The Kier molecular flexibility index (Phi) is 2.62. The quantitative estimate of drug-likeness (QED) is 0.742. The van der Waals surface area contributed by atoms with Gasteiger partial charge in [-0.3, -0.25) is 0 Å². The first-order chi connectivity index (χ1) is 8.21. The van der Waals surface area contributed by atoms with E-state index in [0.717, 1.165) is 18.6 Å². The molecule has 17 heavy (non-hydrogen) atoms. The van der Waals surface area contributed by atoms with Crippen molar-refractivity contribution in [2.75, 3.05) is 0 Å². The summed E-state index contributed by atoms with van der Waals surface area (Å²) >= 11 is 0. The molecule has 2 N–H and O–H groups in total. The van der Waals surface area contributed by atoms with Crippen molar-refractivity contribution in [3.63, 3.8) is 0 Å². The van der Waals surface area contributed by atoms with Crippen LogP contribution in [0.5, 0.6) is 5.75 Å². The van der Waals surface area contributed by atoms with Crippen molar-refractivity contribution < 1.29 is 4.74 Å². The molecule has 0 amide bonds. The Morgan fingerprint density at radius 1 is 1.29 bits per heavy atom. The van der Waals surface area contributed by atoms with E-state index in [2.05, 4.69) is 19.1 Å². The van der Waals surface area contributed by atoms with Crippen molar-refractivity contribution >= 4 is 0 Å². The summed E-state index contributed by atoms with van der Waals surface area (Å²) in [5.74, 6) is 1.63. The molecular weight excluding hydrogens is 210 g/mol. The Labute approximate surface area is 103 Å². The third kappa shape index (κ3) is 1.75. The lowest BCUT2D eigenvalue weighted by molar-refractivity contribution is -0.0407. The summed E-state index contributed by atoms with van der Waals surface area (Å²) in [5.41, 5.74) is 7.52. The molecule has 1 saturated carbocycles. The largest absolute Gasteiger partial charge is 0.487 e. The van der Waals surface area contributed by atoms with Gasteiger partial charge in [0.1, 0.15) is 11.4 Å². The molecule has 0 saturated heterocycles. The van der Waals surface area contributed by atoms with Crippen LogP contribution in [0.4, 0.5) is 0 Å². The van der Waals surface area contributed by atoms with Crippen LogP contribution in [0.1, 0.15) is 50.6 Å². The number of rotatable bonds is 0. The number of hydrogen-bond acceptors (Lipinski definition) is 2. The predicted molar refractivity (Wildman–Crippen MR) is 69.0 cm³/mol. The third-order valence-electron chi connectivity index (χ3n) is 4.58. The number of ether oxygens (including phenoxy) is 1. The molecule has 2 nitrogen and oxygen atoms in total. The smallest absolute Gasteiger partial charge is 0.124 e. The second-order valence-corrected chi connectivity index (χ2v) is 5.66. The lowest BCUT2D eigenvalue weighted by Gasteiger charge is -2.47. The van der Waals surface area contributed by atoms with Gasteiger partial charge in [-0.15, -0.1) is 0 Å². The van der Waals surface area contributed by atoms with Crippen molar-refractivity contribution in [3.8, 4) is 5.75 Å². The normalized spacial score (nSPS) is 36.4. The Balaban J connectivity index is 1.97. The van der Waals surface area contributed by atoms with Crippen LogP contribution in [0, 0.1) is 5.92 Å². The highest BCUT2D eigenvalue weighted by Crippen LogP contribution is 2.47. The van der Waals surface area contributed by atoms with Crippen LogP contribution in [-0.4, -0.2) is 5.60 Å². The summed E-state index contributed by atoms with van der Waals surface area (Å²) in [6, 6.07) is 8.39. The minimum atomic E-state index is 0.00597. The lowest BCUT2D eigenvalue weighted by atomic mass is 9.71. The Bertz CT molecular complexity index is 417. The molecule has 0 bridgehead atoms. The topological polar surface area (TPSA) is 35.2 Å². The molecule has 3 unspecified atom stereocenters. The van der Waals surface area contributed by atoms with E-state index in [1.165, 1.54) is 24.8 Å². The van der Waals surface area contributed by atoms with Crippen molar-refractivity contribution in [3.05, 3.63) is 29.8 Å². The lowest BCUT2D eigenvalue weighted by Crippen LogP contribution is -2.49. The standard InChI is InChI=1S/C15H21NO/c1-11-6-4-5-9-15(11)10-13(16)12-7-2-3-8-14(12)17-15/h2-3,7-8,11,13H,4-6,9-10,16H2,1H3. The summed E-state index contributed by atoms with van der Waals surface area (Å²) in [6.45, 7) is 2.32. The summed E-state index contributed by atoms with van der Waals surface area (Å²) < 4.78 is 6.36. The fraction of sp³-hybridized carbons (Fsp3) is 0.600. The van der Waals surface area contributed by atoms with E-state index in [9.17, 15) is 0 Å².